The molecule has 1 aromatic rings. The number of hydrogen-bond acceptors (Lipinski definition) is 6. The molecule has 1 atom stereocenters. The van der Waals surface area contributed by atoms with Gasteiger partial charge in [-0.2, -0.15) is 0 Å². The first-order valence-corrected chi connectivity index (χ1v) is 4.55. The molecule has 0 spiro atoms. The zero-order chi connectivity index (χ0) is 12.1. The summed E-state index contributed by atoms with van der Waals surface area (Å²) in [6.45, 7) is 0. The van der Waals surface area contributed by atoms with E-state index in [-0.39, 0.29) is 0 Å². The fourth-order valence-corrected chi connectivity index (χ4v) is 1.31. The Balaban J connectivity index is 3.22. The summed E-state index contributed by atoms with van der Waals surface area (Å²) >= 11 is 0. The van der Waals surface area contributed by atoms with Crippen LogP contribution in [0.15, 0.2) is 12.4 Å². The summed E-state index contributed by atoms with van der Waals surface area (Å²) in [7, 11) is 4.19. The average molecular weight is 226 g/mol. The Kier molecular flexibility index (Phi) is 4.07. The lowest BCUT2D eigenvalue weighted by molar-refractivity contribution is -0.142. The van der Waals surface area contributed by atoms with Crippen LogP contribution in [-0.2, 0) is 9.53 Å². The average Bonchev–Trinajstić information content (AvgIpc) is 2.35. The van der Waals surface area contributed by atoms with Crippen LogP contribution in [-0.4, -0.2) is 32.3 Å². The normalized spacial score (nSPS) is 11.8. The Morgan fingerprint density at radius 3 is 2.12 bits per heavy atom. The van der Waals surface area contributed by atoms with Crippen LogP contribution in [0.3, 0.4) is 0 Å². The van der Waals surface area contributed by atoms with E-state index in [1.54, 1.807) is 0 Å². The maximum absolute atomic E-state index is 11.4. The van der Waals surface area contributed by atoms with Crippen LogP contribution >= 0.6 is 0 Å². The molecule has 88 valence electrons. The van der Waals surface area contributed by atoms with Crippen molar-refractivity contribution in [3.63, 3.8) is 0 Å². The largest absolute Gasteiger partial charge is 0.495 e. The van der Waals surface area contributed by atoms with Gasteiger partial charge in [0.05, 0.1) is 39.3 Å². The van der Waals surface area contributed by atoms with Crippen LogP contribution in [0.4, 0.5) is 0 Å². The molecule has 0 bridgehead atoms. The molecule has 0 fully saturated rings. The number of hydrogen-bond donors (Lipinski definition) is 1. The maximum Gasteiger partial charge on any atom is 0.327 e. The van der Waals surface area contributed by atoms with Crippen LogP contribution in [0.2, 0.25) is 0 Å². The monoisotopic (exact) mass is 226 g/mol. The lowest BCUT2D eigenvalue weighted by Crippen LogP contribution is -2.24. The second-order valence-electron chi connectivity index (χ2n) is 2.96. The first kappa shape index (κ1) is 12.3. The summed E-state index contributed by atoms with van der Waals surface area (Å²) in [5.74, 6) is 0.206. The molecule has 0 radical (unpaired) electrons. The zero-order valence-corrected chi connectivity index (χ0v) is 9.39. The number of nitrogens with zero attached hydrogens (tertiary/aromatic N) is 1. The highest BCUT2D eigenvalue weighted by Gasteiger charge is 2.24. The Labute approximate surface area is 93.3 Å². The van der Waals surface area contributed by atoms with Crippen molar-refractivity contribution in [3.8, 4) is 11.5 Å². The molecule has 0 aliphatic heterocycles. The molecule has 1 aromatic heterocycles. The molecule has 2 N–H and O–H groups in total. The van der Waals surface area contributed by atoms with Gasteiger partial charge in [0.15, 0.2) is 0 Å². The molecule has 0 aliphatic carbocycles. The van der Waals surface area contributed by atoms with Gasteiger partial charge in [-0.3, -0.25) is 4.98 Å². The fourth-order valence-electron chi connectivity index (χ4n) is 1.31. The molecule has 16 heavy (non-hydrogen) atoms. The highest BCUT2D eigenvalue weighted by Crippen LogP contribution is 2.32. The third-order valence-corrected chi connectivity index (χ3v) is 2.12. The predicted octanol–water partition coefficient (Wildman–Crippen LogP) is 0.272. The minimum Gasteiger partial charge on any atom is -0.495 e. The Morgan fingerprint density at radius 1 is 1.25 bits per heavy atom. The van der Waals surface area contributed by atoms with Gasteiger partial charge in [-0.1, -0.05) is 0 Å². The summed E-state index contributed by atoms with van der Waals surface area (Å²) in [5.41, 5.74) is 6.16. The van der Waals surface area contributed by atoms with E-state index in [4.69, 9.17) is 15.2 Å². The predicted molar refractivity (Wildman–Crippen MR) is 56.3 cm³/mol. The van der Waals surface area contributed by atoms with Gasteiger partial charge in [-0.25, -0.2) is 4.79 Å². The zero-order valence-electron chi connectivity index (χ0n) is 9.39. The molecular formula is C10H14N2O4. The maximum atomic E-state index is 11.4. The van der Waals surface area contributed by atoms with Crippen molar-refractivity contribution in [2.75, 3.05) is 21.3 Å². The van der Waals surface area contributed by atoms with E-state index in [9.17, 15) is 4.79 Å². The number of pyridine rings is 1. The number of carbonyl (C=O) groups is 1. The second kappa shape index (κ2) is 5.32. The Morgan fingerprint density at radius 2 is 1.75 bits per heavy atom. The molecule has 1 heterocycles. The highest BCUT2D eigenvalue weighted by molar-refractivity contribution is 5.79. The summed E-state index contributed by atoms with van der Waals surface area (Å²) < 4.78 is 14.7. The van der Waals surface area contributed by atoms with E-state index in [2.05, 4.69) is 9.72 Å². The van der Waals surface area contributed by atoms with Gasteiger partial charge in [0, 0.05) is 0 Å². The van der Waals surface area contributed by atoms with Gasteiger partial charge in [-0.15, -0.1) is 0 Å². The van der Waals surface area contributed by atoms with Crippen LogP contribution in [0.5, 0.6) is 11.5 Å². The van der Waals surface area contributed by atoms with Crippen LogP contribution < -0.4 is 15.2 Å². The number of nitrogens with two attached hydrogens (primary N) is 1. The minimum absolute atomic E-state index is 0.386. The first-order valence-electron chi connectivity index (χ1n) is 4.55. The van der Waals surface area contributed by atoms with E-state index in [1.165, 1.54) is 33.7 Å². The first-order chi connectivity index (χ1) is 7.65. The van der Waals surface area contributed by atoms with E-state index >= 15 is 0 Å². The van der Waals surface area contributed by atoms with E-state index in [0.717, 1.165) is 0 Å². The Hall–Kier alpha value is -1.82. The molecule has 0 amide bonds. The van der Waals surface area contributed by atoms with Crippen molar-refractivity contribution in [1.82, 2.24) is 4.98 Å². The van der Waals surface area contributed by atoms with Crippen molar-refractivity contribution in [3.05, 3.63) is 18.0 Å². The van der Waals surface area contributed by atoms with Gasteiger partial charge in [0.25, 0.3) is 0 Å². The van der Waals surface area contributed by atoms with E-state index in [0.29, 0.717) is 17.1 Å². The summed E-state index contributed by atoms with van der Waals surface area (Å²) in [5, 5.41) is 0. The third kappa shape index (κ3) is 2.22. The second-order valence-corrected chi connectivity index (χ2v) is 2.96. The minimum atomic E-state index is -0.960. The molecule has 6 heteroatoms. The van der Waals surface area contributed by atoms with Gasteiger partial charge in [-0.05, 0) is 0 Å². The number of rotatable bonds is 4. The molecule has 1 unspecified atom stereocenters. The van der Waals surface area contributed by atoms with Crippen molar-refractivity contribution >= 4 is 5.97 Å². The number of methoxy groups -OCH3 is 3. The lowest BCUT2D eigenvalue weighted by atomic mass is 10.1. The summed E-state index contributed by atoms with van der Waals surface area (Å²) in [4.78, 5) is 15.3. The van der Waals surface area contributed by atoms with Crippen LogP contribution in [0, 0.1) is 0 Å². The van der Waals surface area contributed by atoms with Crippen molar-refractivity contribution in [2.24, 2.45) is 5.73 Å². The molecular weight excluding hydrogens is 212 g/mol. The molecule has 0 aliphatic rings. The number of carbonyl (C=O) groups excluding carboxylic acids is 1. The SMILES string of the molecule is COC(=O)C(N)c1c(OC)cncc1OC. The van der Waals surface area contributed by atoms with Crippen molar-refractivity contribution in [1.29, 1.82) is 0 Å². The van der Waals surface area contributed by atoms with E-state index < -0.39 is 12.0 Å². The smallest absolute Gasteiger partial charge is 0.327 e. The summed E-state index contributed by atoms with van der Waals surface area (Å²) in [6.07, 6.45) is 2.92. The molecule has 0 saturated carbocycles. The van der Waals surface area contributed by atoms with Gasteiger partial charge >= 0.3 is 5.97 Å². The summed E-state index contributed by atoms with van der Waals surface area (Å²) in [6, 6.07) is -0.960. The Bertz CT molecular complexity index is 359. The highest BCUT2D eigenvalue weighted by atomic mass is 16.5. The molecule has 0 saturated heterocycles. The van der Waals surface area contributed by atoms with Gasteiger partial charge in [0.2, 0.25) is 0 Å². The van der Waals surface area contributed by atoms with Gasteiger partial charge in [0.1, 0.15) is 17.5 Å². The number of esters is 1. The fraction of sp³-hybridized carbons (Fsp3) is 0.400. The third-order valence-electron chi connectivity index (χ3n) is 2.12. The standard InChI is InChI=1S/C10H14N2O4/c1-14-6-4-12-5-7(15-2)8(6)9(11)10(13)16-3/h4-5,9H,11H2,1-3H3. The molecule has 0 aromatic carbocycles. The number of ether oxygens (including phenoxy) is 3. The molecule has 1 rings (SSSR count). The van der Waals surface area contributed by atoms with Crippen LogP contribution in [0.1, 0.15) is 11.6 Å². The molecule has 6 nitrogen and oxygen atoms in total. The quantitative estimate of drug-likeness (QED) is 0.742. The lowest BCUT2D eigenvalue weighted by Gasteiger charge is -2.16. The van der Waals surface area contributed by atoms with E-state index in [1.807, 2.05) is 0 Å². The van der Waals surface area contributed by atoms with Crippen molar-refractivity contribution in [2.45, 2.75) is 6.04 Å². The topological polar surface area (TPSA) is 83.7 Å². The number of aromatic nitrogens is 1. The van der Waals surface area contributed by atoms with Crippen molar-refractivity contribution < 1.29 is 19.0 Å². The van der Waals surface area contributed by atoms with Gasteiger partial charge < -0.3 is 19.9 Å². The van der Waals surface area contributed by atoms with Crippen LogP contribution in [0.25, 0.3) is 0 Å².